The lowest BCUT2D eigenvalue weighted by Crippen LogP contribution is -2.33. The van der Waals surface area contributed by atoms with E-state index >= 15 is 0 Å². The van der Waals surface area contributed by atoms with Gasteiger partial charge in [-0.2, -0.15) is 13.2 Å². The van der Waals surface area contributed by atoms with Crippen LogP contribution in [-0.4, -0.2) is 27.5 Å². The van der Waals surface area contributed by atoms with Crippen LogP contribution in [0.2, 0.25) is 0 Å². The van der Waals surface area contributed by atoms with E-state index < -0.39 is 63.8 Å². The number of aromatic nitrogens is 1. The number of carbonyl (C=O) groups excluding carboxylic acids is 3. The van der Waals surface area contributed by atoms with Crippen molar-refractivity contribution >= 4 is 52.2 Å². The number of halogens is 4. The molecule has 13 heteroatoms. The lowest BCUT2D eigenvalue weighted by Gasteiger charge is -2.30. The Bertz CT molecular complexity index is 1770. The Hall–Kier alpha value is -4.23. The van der Waals surface area contributed by atoms with E-state index in [0.29, 0.717) is 21.2 Å². The molecular formula is C29H19F4N3O4S2. The van der Waals surface area contributed by atoms with Gasteiger partial charge in [0.15, 0.2) is 0 Å². The molecule has 2 aliphatic rings. The fraction of sp³-hybridized carbons (Fsp3) is 0.172. The smallest absolute Gasteiger partial charge is 0.325 e. The minimum Gasteiger partial charge on any atom is -0.325 e. The van der Waals surface area contributed by atoms with E-state index in [4.69, 9.17) is 0 Å². The second-order valence-electron chi connectivity index (χ2n) is 9.69. The zero-order valence-corrected chi connectivity index (χ0v) is 22.9. The highest BCUT2D eigenvalue weighted by molar-refractivity contribution is 8.00. The molecule has 1 fully saturated rings. The summed E-state index contributed by atoms with van der Waals surface area (Å²) >= 11 is 1.81. The van der Waals surface area contributed by atoms with Crippen LogP contribution in [0.25, 0.3) is 0 Å². The molecular weight excluding hydrogens is 594 g/mol. The van der Waals surface area contributed by atoms with Gasteiger partial charge in [0.25, 0.3) is 0 Å². The monoisotopic (exact) mass is 613 g/mol. The van der Waals surface area contributed by atoms with E-state index in [1.54, 1.807) is 30.3 Å². The number of nitrogens with one attached hydrogen (secondary N) is 1. The molecule has 0 saturated carbocycles. The Morgan fingerprint density at radius 1 is 0.905 bits per heavy atom. The molecule has 3 atom stereocenters. The second kappa shape index (κ2) is 10.6. The van der Waals surface area contributed by atoms with Crippen LogP contribution in [0, 0.1) is 11.7 Å². The molecule has 1 aromatic heterocycles. The first-order valence-electron chi connectivity index (χ1n) is 12.6. The molecule has 3 aromatic carbocycles. The minimum atomic E-state index is -4.61. The molecule has 42 heavy (non-hydrogen) atoms. The lowest BCUT2D eigenvalue weighted by molar-refractivity contribution is -0.137. The van der Waals surface area contributed by atoms with Crippen LogP contribution >= 0.6 is 23.1 Å². The van der Waals surface area contributed by atoms with Crippen molar-refractivity contribution in [2.75, 3.05) is 10.2 Å². The topological polar surface area (TPSA) is 88.5 Å². The molecule has 0 bridgehead atoms. The Balaban J connectivity index is 1.37. The molecule has 3 amide bonds. The number of anilines is 2. The quantitative estimate of drug-likeness (QED) is 0.237. The molecule has 6 rings (SSSR count). The summed E-state index contributed by atoms with van der Waals surface area (Å²) in [5.41, 5.74) is -0.132. The molecule has 3 unspecified atom stereocenters. The van der Waals surface area contributed by atoms with Crippen LogP contribution in [0.15, 0.2) is 88.7 Å². The van der Waals surface area contributed by atoms with Gasteiger partial charge in [-0.25, -0.2) is 9.29 Å². The lowest BCUT2D eigenvalue weighted by atomic mass is 9.83. The van der Waals surface area contributed by atoms with Crippen molar-refractivity contribution in [1.82, 2.24) is 4.57 Å². The van der Waals surface area contributed by atoms with E-state index in [9.17, 15) is 36.7 Å². The van der Waals surface area contributed by atoms with Crippen molar-refractivity contribution in [3.05, 3.63) is 110 Å². The summed E-state index contributed by atoms with van der Waals surface area (Å²) in [6, 6.07) is 18.0. The number of hydrogen-bond donors (Lipinski definition) is 1. The first-order chi connectivity index (χ1) is 20.0. The highest BCUT2D eigenvalue weighted by Gasteiger charge is 2.56. The number of nitrogens with zero attached hydrogens (tertiary/aromatic N) is 2. The van der Waals surface area contributed by atoms with Gasteiger partial charge in [0.1, 0.15) is 17.6 Å². The number of imide groups is 1. The fourth-order valence-electron chi connectivity index (χ4n) is 5.23. The highest BCUT2D eigenvalue weighted by atomic mass is 32.2. The summed E-state index contributed by atoms with van der Waals surface area (Å²) in [4.78, 5) is 54.5. The maximum atomic E-state index is 13.8. The molecule has 0 aliphatic carbocycles. The fourth-order valence-corrected chi connectivity index (χ4v) is 8.01. The molecule has 7 nitrogen and oxygen atoms in total. The van der Waals surface area contributed by atoms with Crippen LogP contribution < -0.4 is 15.1 Å². The van der Waals surface area contributed by atoms with E-state index in [1.165, 1.54) is 30.3 Å². The number of fused-ring (bicyclic) bond motifs is 2. The summed E-state index contributed by atoms with van der Waals surface area (Å²) in [5, 5.41) is 1.76. The Morgan fingerprint density at radius 3 is 2.31 bits per heavy atom. The van der Waals surface area contributed by atoms with Crippen molar-refractivity contribution in [1.29, 1.82) is 0 Å². The van der Waals surface area contributed by atoms with Crippen LogP contribution in [0.1, 0.15) is 21.9 Å². The molecule has 2 aliphatic heterocycles. The standard InChI is InChI=1S/C29H19F4N3O4S2/c30-17-11-9-15(10-12-17)21-22-23(26(39)36(25(22)38)19-7-2-1-3-8-19)41-27-24(21)42-28(40)35(27)14-20(37)34-18-6-4-5-16(13-18)29(31,32)33/h1-13,21-23H,14H2,(H,34,37). The summed E-state index contributed by atoms with van der Waals surface area (Å²) in [6.45, 7) is -0.536. The van der Waals surface area contributed by atoms with Crippen LogP contribution in [0.5, 0.6) is 0 Å². The Labute approximate surface area is 243 Å². The second-order valence-corrected chi connectivity index (χ2v) is 11.8. The predicted molar refractivity (Wildman–Crippen MR) is 149 cm³/mol. The van der Waals surface area contributed by atoms with Gasteiger partial charge in [-0.3, -0.25) is 23.7 Å². The van der Waals surface area contributed by atoms with E-state index in [0.717, 1.165) is 50.8 Å². The van der Waals surface area contributed by atoms with Crippen molar-refractivity contribution in [2.24, 2.45) is 5.92 Å². The number of thioether (sulfide) groups is 1. The van der Waals surface area contributed by atoms with Gasteiger partial charge in [0, 0.05) is 16.5 Å². The molecule has 3 heterocycles. The van der Waals surface area contributed by atoms with Crippen molar-refractivity contribution in [2.45, 2.75) is 28.9 Å². The minimum absolute atomic E-state index is 0.0982. The molecule has 0 radical (unpaired) electrons. The van der Waals surface area contributed by atoms with Crippen LogP contribution in [0.3, 0.4) is 0 Å². The van der Waals surface area contributed by atoms with Crippen LogP contribution in [0.4, 0.5) is 28.9 Å². The molecule has 0 spiro atoms. The summed E-state index contributed by atoms with van der Waals surface area (Å²) in [6.07, 6.45) is -4.61. The number of rotatable bonds is 5. The van der Waals surface area contributed by atoms with Gasteiger partial charge in [0.05, 0.1) is 22.2 Å². The number of hydrogen-bond acceptors (Lipinski definition) is 6. The Kier molecular flexibility index (Phi) is 7.01. The van der Waals surface area contributed by atoms with Crippen molar-refractivity contribution in [3.8, 4) is 0 Å². The molecule has 1 saturated heterocycles. The number of carbonyl (C=O) groups is 3. The van der Waals surface area contributed by atoms with Gasteiger partial charge < -0.3 is 5.32 Å². The summed E-state index contributed by atoms with van der Waals surface area (Å²) < 4.78 is 54.3. The van der Waals surface area contributed by atoms with Crippen molar-refractivity contribution in [3.63, 3.8) is 0 Å². The van der Waals surface area contributed by atoms with Crippen molar-refractivity contribution < 1.29 is 31.9 Å². The molecule has 214 valence electrons. The highest BCUT2D eigenvalue weighted by Crippen LogP contribution is 2.53. The van der Waals surface area contributed by atoms with Gasteiger partial charge in [-0.1, -0.05) is 59.5 Å². The third-order valence-corrected chi connectivity index (χ3v) is 9.67. The third kappa shape index (κ3) is 4.92. The molecule has 4 aromatic rings. The number of benzene rings is 3. The van der Waals surface area contributed by atoms with E-state index in [1.807, 2.05) is 0 Å². The number of amides is 3. The van der Waals surface area contributed by atoms with Gasteiger partial charge in [0.2, 0.25) is 17.7 Å². The van der Waals surface area contributed by atoms with Gasteiger partial charge >= 0.3 is 11.0 Å². The third-order valence-electron chi connectivity index (χ3n) is 7.07. The summed E-state index contributed by atoms with van der Waals surface area (Å²) in [7, 11) is 0. The average Bonchev–Trinajstić information content (AvgIpc) is 3.40. The van der Waals surface area contributed by atoms with Crippen LogP contribution in [-0.2, 0) is 27.1 Å². The SMILES string of the molecule is O=C(Cn1c2c(sc1=O)C(c1ccc(F)cc1)C1C(=O)N(c3ccccc3)C(=O)C1S2)Nc1cccc(C(F)(F)F)c1. The zero-order chi connectivity index (χ0) is 29.8. The van der Waals surface area contributed by atoms with Gasteiger partial charge in [-0.15, -0.1) is 0 Å². The van der Waals surface area contributed by atoms with E-state index in [-0.39, 0.29) is 5.69 Å². The molecule has 1 N–H and O–H groups in total. The maximum Gasteiger partial charge on any atom is 0.416 e. The van der Waals surface area contributed by atoms with Gasteiger partial charge in [-0.05, 0) is 48.0 Å². The first kappa shape index (κ1) is 27.9. The largest absolute Gasteiger partial charge is 0.416 e. The van der Waals surface area contributed by atoms with E-state index in [2.05, 4.69) is 5.32 Å². The number of para-hydroxylation sites is 1. The number of alkyl halides is 3. The maximum absolute atomic E-state index is 13.8. The number of thiazole rings is 1. The normalized spacial score (nSPS) is 19.9. The predicted octanol–water partition coefficient (Wildman–Crippen LogP) is 5.50. The first-order valence-corrected chi connectivity index (χ1v) is 14.3. The zero-order valence-electron chi connectivity index (χ0n) is 21.3. The average molecular weight is 614 g/mol. The summed E-state index contributed by atoms with van der Waals surface area (Å²) in [5.74, 6) is -3.88. The Morgan fingerprint density at radius 2 is 1.62 bits per heavy atom.